The molecule has 1 N–H and O–H groups in total. The van der Waals surface area contributed by atoms with Gasteiger partial charge in [-0.3, -0.25) is 4.90 Å². The number of anilines is 2. The summed E-state index contributed by atoms with van der Waals surface area (Å²) in [6.45, 7) is 4.55. The molecule has 42 heavy (non-hydrogen) atoms. The first kappa shape index (κ1) is 29.4. The molecule has 7 nitrogen and oxygen atoms in total. The maximum Gasteiger partial charge on any atom is 0.271 e. The predicted octanol–water partition coefficient (Wildman–Crippen LogP) is 6.03. The molecule has 0 radical (unpaired) electrons. The van der Waals surface area contributed by atoms with Gasteiger partial charge in [-0.05, 0) is 85.1 Å². The van der Waals surface area contributed by atoms with Crippen LogP contribution in [0.15, 0.2) is 77.7 Å². The maximum absolute atomic E-state index is 15.5. The van der Waals surface area contributed by atoms with Gasteiger partial charge in [-0.15, -0.1) is 0 Å². The highest BCUT2D eigenvalue weighted by Crippen LogP contribution is 2.31. The molecule has 4 aromatic rings. The van der Waals surface area contributed by atoms with Crippen molar-refractivity contribution in [3.63, 3.8) is 0 Å². The monoisotopic (exact) mass is 596 g/mol. The van der Waals surface area contributed by atoms with Crippen LogP contribution >= 0.6 is 0 Å². The van der Waals surface area contributed by atoms with Crippen molar-refractivity contribution in [2.75, 3.05) is 29.8 Å². The van der Waals surface area contributed by atoms with E-state index in [4.69, 9.17) is 4.74 Å². The summed E-state index contributed by atoms with van der Waals surface area (Å²) in [5, 5.41) is 3.02. The van der Waals surface area contributed by atoms with Crippen molar-refractivity contribution in [2.45, 2.75) is 37.9 Å². The van der Waals surface area contributed by atoms with Crippen molar-refractivity contribution in [3.05, 3.63) is 113 Å². The number of nitrogens with zero attached hydrogens (tertiary/aromatic N) is 3. The summed E-state index contributed by atoms with van der Waals surface area (Å²) in [6.07, 6.45) is 1.17. The lowest BCUT2D eigenvalue weighted by molar-refractivity contribution is 0.172. The van der Waals surface area contributed by atoms with E-state index in [-0.39, 0.29) is 18.1 Å². The van der Waals surface area contributed by atoms with Gasteiger partial charge >= 0.3 is 0 Å². The Morgan fingerprint density at radius 3 is 2.26 bits per heavy atom. The zero-order valence-corrected chi connectivity index (χ0v) is 24.1. The Morgan fingerprint density at radius 1 is 0.929 bits per heavy atom. The summed E-state index contributed by atoms with van der Waals surface area (Å²) in [7, 11) is -3.38. The van der Waals surface area contributed by atoms with Gasteiger partial charge in [0.1, 0.15) is 23.2 Å². The van der Waals surface area contributed by atoms with Gasteiger partial charge in [0.25, 0.3) is 10.0 Å². The summed E-state index contributed by atoms with van der Waals surface area (Å²) in [5.41, 5.74) is 3.35. The number of ether oxygens (including phenoxy) is 1. The molecule has 11 heteroatoms. The normalized spacial score (nSPS) is 13.5. The largest absolute Gasteiger partial charge is 0.497 e. The summed E-state index contributed by atoms with van der Waals surface area (Å²) in [6, 6.07) is 18.3. The Bertz CT molecular complexity index is 1670. The standard InChI is InChI=1S/C31H31F3N4O3S/c1-21-15-26(41-2)12-11-23(21)20-38(30-10-5-9-29(34)36-30)42(39,40)31-27(32)16-25(17-28(31)33)35-18-22-7-3-4-8-24(22)19-37-13-6-14-37/h3-5,7-12,15-17,35H,6,13-14,18-20H2,1-2H3. The quantitative estimate of drug-likeness (QED) is 0.213. The van der Waals surface area contributed by atoms with E-state index in [1.165, 1.54) is 25.7 Å². The van der Waals surface area contributed by atoms with Crippen LogP contribution in [0.5, 0.6) is 5.75 Å². The topological polar surface area (TPSA) is 74.8 Å². The summed E-state index contributed by atoms with van der Waals surface area (Å²) in [4.78, 5) is 4.86. The van der Waals surface area contributed by atoms with E-state index in [1.54, 1.807) is 25.1 Å². The van der Waals surface area contributed by atoms with Crippen LogP contribution in [-0.4, -0.2) is 38.5 Å². The third kappa shape index (κ3) is 6.37. The van der Waals surface area contributed by atoms with Gasteiger partial charge in [0.2, 0.25) is 5.95 Å². The minimum absolute atomic E-state index is 0.0872. The molecule has 0 aliphatic carbocycles. The fourth-order valence-electron chi connectivity index (χ4n) is 4.83. The van der Waals surface area contributed by atoms with Gasteiger partial charge in [0.05, 0.1) is 13.7 Å². The molecule has 1 saturated heterocycles. The van der Waals surface area contributed by atoms with E-state index in [0.717, 1.165) is 49.0 Å². The first-order valence-electron chi connectivity index (χ1n) is 13.5. The molecule has 0 atom stereocenters. The number of benzene rings is 3. The molecule has 1 aliphatic heterocycles. The highest BCUT2D eigenvalue weighted by Gasteiger charge is 2.33. The van der Waals surface area contributed by atoms with E-state index >= 15 is 8.78 Å². The smallest absolute Gasteiger partial charge is 0.271 e. The van der Waals surface area contributed by atoms with E-state index in [0.29, 0.717) is 27.7 Å². The molecule has 0 unspecified atom stereocenters. The van der Waals surface area contributed by atoms with Gasteiger partial charge in [0.15, 0.2) is 4.90 Å². The molecular formula is C31H31F3N4O3S. The van der Waals surface area contributed by atoms with Crippen LogP contribution in [0.3, 0.4) is 0 Å². The second-order valence-corrected chi connectivity index (χ2v) is 11.9. The van der Waals surface area contributed by atoms with Gasteiger partial charge in [-0.25, -0.2) is 26.5 Å². The number of methoxy groups -OCH3 is 1. The summed E-state index contributed by atoms with van der Waals surface area (Å²) in [5.74, 6) is -3.25. The second kappa shape index (κ2) is 12.4. The third-order valence-electron chi connectivity index (χ3n) is 7.31. The minimum atomic E-state index is -4.87. The van der Waals surface area contributed by atoms with Crippen LogP contribution in [0.4, 0.5) is 24.7 Å². The minimum Gasteiger partial charge on any atom is -0.497 e. The van der Waals surface area contributed by atoms with E-state index in [2.05, 4.69) is 15.2 Å². The maximum atomic E-state index is 15.5. The lowest BCUT2D eigenvalue weighted by Crippen LogP contribution is -2.36. The Balaban J connectivity index is 1.44. The Morgan fingerprint density at radius 2 is 1.64 bits per heavy atom. The fourth-order valence-corrected chi connectivity index (χ4v) is 6.32. The number of nitrogens with one attached hydrogen (secondary N) is 1. The molecule has 1 fully saturated rings. The first-order chi connectivity index (χ1) is 20.2. The molecule has 0 spiro atoms. The molecule has 1 aliphatic rings. The molecule has 0 bridgehead atoms. The Kier molecular flexibility index (Phi) is 8.69. The van der Waals surface area contributed by atoms with Crippen molar-refractivity contribution in [1.82, 2.24) is 9.88 Å². The highest BCUT2D eigenvalue weighted by atomic mass is 32.2. The van der Waals surface area contributed by atoms with Crippen molar-refractivity contribution in [3.8, 4) is 5.75 Å². The van der Waals surface area contributed by atoms with Gasteiger partial charge in [-0.2, -0.15) is 4.39 Å². The predicted molar refractivity (Wildman–Crippen MR) is 155 cm³/mol. The molecule has 3 aromatic carbocycles. The second-order valence-electron chi connectivity index (χ2n) is 10.1. The van der Waals surface area contributed by atoms with Crippen LogP contribution in [0.2, 0.25) is 0 Å². The number of pyridine rings is 1. The lowest BCUT2D eigenvalue weighted by atomic mass is 10.1. The van der Waals surface area contributed by atoms with Gasteiger partial charge in [0, 0.05) is 18.8 Å². The zero-order chi connectivity index (χ0) is 29.9. The molecule has 5 rings (SSSR count). The first-order valence-corrected chi connectivity index (χ1v) is 14.9. The number of hydrogen-bond acceptors (Lipinski definition) is 6. The van der Waals surface area contributed by atoms with Crippen LogP contribution in [-0.2, 0) is 29.7 Å². The average Bonchev–Trinajstić information content (AvgIpc) is 2.93. The number of likely N-dealkylation sites (tertiary alicyclic amines) is 1. The third-order valence-corrected chi connectivity index (χ3v) is 9.11. The van der Waals surface area contributed by atoms with Crippen LogP contribution < -0.4 is 14.4 Å². The van der Waals surface area contributed by atoms with E-state index in [9.17, 15) is 12.8 Å². The van der Waals surface area contributed by atoms with E-state index < -0.39 is 32.5 Å². The van der Waals surface area contributed by atoms with Crippen molar-refractivity contribution in [2.24, 2.45) is 0 Å². The van der Waals surface area contributed by atoms with E-state index in [1.807, 2.05) is 24.3 Å². The lowest BCUT2D eigenvalue weighted by Gasteiger charge is -2.31. The molecular weight excluding hydrogens is 565 g/mol. The Hall–Kier alpha value is -4.09. The number of sulfonamides is 1. The number of aryl methyl sites for hydroxylation is 1. The average molecular weight is 597 g/mol. The van der Waals surface area contributed by atoms with Crippen molar-refractivity contribution in [1.29, 1.82) is 0 Å². The number of rotatable bonds is 11. The highest BCUT2D eigenvalue weighted by molar-refractivity contribution is 7.92. The number of aromatic nitrogens is 1. The number of halogens is 3. The van der Waals surface area contributed by atoms with Gasteiger partial charge in [-0.1, -0.05) is 36.4 Å². The fraction of sp³-hybridized carbons (Fsp3) is 0.258. The number of hydrogen-bond donors (Lipinski definition) is 1. The van der Waals surface area contributed by atoms with Crippen molar-refractivity contribution < 1.29 is 26.3 Å². The Labute approximate surface area is 243 Å². The molecule has 2 heterocycles. The summed E-state index contributed by atoms with van der Waals surface area (Å²) >= 11 is 0. The van der Waals surface area contributed by atoms with Gasteiger partial charge < -0.3 is 10.1 Å². The van der Waals surface area contributed by atoms with Crippen LogP contribution in [0, 0.1) is 24.5 Å². The van der Waals surface area contributed by atoms with Crippen LogP contribution in [0.1, 0.15) is 28.7 Å². The molecule has 0 saturated carbocycles. The molecule has 0 amide bonds. The molecule has 1 aromatic heterocycles. The van der Waals surface area contributed by atoms with Crippen LogP contribution in [0.25, 0.3) is 0 Å². The molecule has 220 valence electrons. The van der Waals surface area contributed by atoms with Crippen molar-refractivity contribution >= 4 is 21.5 Å². The zero-order valence-electron chi connectivity index (χ0n) is 23.3. The summed E-state index contributed by atoms with van der Waals surface area (Å²) < 4.78 is 78.7. The SMILES string of the molecule is COc1ccc(CN(c2cccc(F)n2)S(=O)(=O)c2c(F)cc(NCc3ccccc3CN3CCC3)cc2F)c(C)c1.